The SMILES string of the molecule is CCCC(CNc1ccc(S(=O)(=O)N2CCCN(CCC)CC2)c(C)c1[N+](=O)[O-])OCC. The van der Waals surface area contributed by atoms with Crippen molar-refractivity contribution in [1.82, 2.24) is 9.21 Å². The average Bonchev–Trinajstić information content (AvgIpc) is 2.98. The Labute approximate surface area is 192 Å². The molecule has 1 saturated heterocycles. The van der Waals surface area contributed by atoms with Crippen LogP contribution in [0, 0.1) is 17.0 Å². The zero-order chi connectivity index (χ0) is 23.7. The van der Waals surface area contributed by atoms with Crippen molar-refractivity contribution in [3.63, 3.8) is 0 Å². The highest BCUT2D eigenvalue weighted by molar-refractivity contribution is 7.89. The van der Waals surface area contributed by atoms with E-state index in [9.17, 15) is 18.5 Å². The molecule has 0 aliphatic carbocycles. The molecule has 0 amide bonds. The van der Waals surface area contributed by atoms with Crippen molar-refractivity contribution in [2.24, 2.45) is 0 Å². The van der Waals surface area contributed by atoms with Gasteiger partial charge in [0.15, 0.2) is 0 Å². The van der Waals surface area contributed by atoms with Crippen LogP contribution in [0.3, 0.4) is 0 Å². The van der Waals surface area contributed by atoms with Crippen LogP contribution in [0.15, 0.2) is 17.0 Å². The number of nitrogens with one attached hydrogen (secondary N) is 1. The Kier molecular flexibility index (Phi) is 10.3. The molecule has 2 rings (SSSR count). The monoisotopic (exact) mass is 470 g/mol. The van der Waals surface area contributed by atoms with Crippen LogP contribution >= 0.6 is 0 Å². The van der Waals surface area contributed by atoms with Gasteiger partial charge in [0.25, 0.3) is 5.69 Å². The van der Waals surface area contributed by atoms with Crippen molar-refractivity contribution in [1.29, 1.82) is 0 Å². The molecule has 1 unspecified atom stereocenters. The van der Waals surface area contributed by atoms with Gasteiger partial charge in [-0.1, -0.05) is 20.3 Å². The number of ether oxygens (including phenoxy) is 1. The molecule has 1 N–H and O–H groups in total. The van der Waals surface area contributed by atoms with E-state index in [1.807, 2.05) is 6.92 Å². The molecule has 1 aliphatic rings. The number of nitrogens with zero attached hydrogens (tertiary/aromatic N) is 3. The Morgan fingerprint density at radius 1 is 1.16 bits per heavy atom. The fourth-order valence-electron chi connectivity index (χ4n) is 4.23. The minimum absolute atomic E-state index is 0.00797. The topological polar surface area (TPSA) is 105 Å². The molecule has 1 heterocycles. The van der Waals surface area contributed by atoms with Crippen molar-refractivity contribution >= 4 is 21.4 Å². The van der Waals surface area contributed by atoms with Crippen molar-refractivity contribution in [2.75, 3.05) is 51.2 Å². The molecule has 0 saturated carbocycles. The highest BCUT2D eigenvalue weighted by Crippen LogP contribution is 2.34. The predicted molar refractivity (Wildman–Crippen MR) is 127 cm³/mol. The lowest BCUT2D eigenvalue weighted by molar-refractivity contribution is -0.384. The summed E-state index contributed by atoms with van der Waals surface area (Å²) in [4.78, 5) is 13.7. The third-order valence-corrected chi connectivity index (χ3v) is 7.85. The molecule has 1 fully saturated rings. The maximum Gasteiger partial charge on any atom is 0.296 e. The van der Waals surface area contributed by atoms with Gasteiger partial charge in [0.1, 0.15) is 5.69 Å². The second-order valence-corrected chi connectivity index (χ2v) is 10.1. The van der Waals surface area contributed by atoms with E-state index in [2.05, 4.69) is 24.1 Å². The minimum Gasteiger partial charge on any atom is -0.377 e. The summed E-state index contributed by atoms with van der Waals surface area (Å²) < 4.78 is 33.9. The fraction of sp³-hybridized carbons (Fsp3) is 0.727. The highest BCUT2D eigenvalue weighted by atomic mass is 32.2. The van der Waals surface area contributed by atoms with Crippen molar-refractivity contribution in [3.05, 3.63) is 27.8 Å². The number of hydrogen-bond donors (Lipinski definition) is 1. The molecule has 0 bridgehead atoms. The molecule has 182 valence electrons. The Morgan fingerprint density at radius 3 is 2.53 bits per heavy atom. The van der Waals surface area contributed by atoms with Crippen LogP contribution in [0.25, 0.3) is 0 Å². The molecule has 1 aliphatic heterocycles. The number of rotatable bonds is 12. The molecule has 32 heavy (non-hydrogen) atoms. The number of anilines is 1. The molecule has 0 aromatic heterocycles. The zero-order valence-electron chi connectivity index (χ0n) is 19.8. The smallest absolute Gasteiger partial charge is 0.296 e. The predicted octanol–water partition coefficient (Wildman–Crippen LogP) is 3.63. The first-order valence-electron chi connectivity index (χ1n) is 11.6. The summed E-state index contributed by atoms with van der Waals surface area (Å²) in [6.45, 7) is 11.9. The maximum absolute atomic E-state index is 13.4. The number of benzene rings is 1. The zero-order valence-corrected chi connectivity index (χ0v) is 20.6. The highest BCUT2D eigenvalue weighted by Gasteiger charge is 2.32. The van der Waals surface area contributed by atoms with E-state index in [0.717, 1.165) is 38.8 Å². The summed E-state index contributed by atoms with van der Waals surface area (Å²) in [5.74, 6) is 0. The lowest BCUT2D eigenvalue weighted by Crippen LogP contribution is -2.35. The summed E-state index contributed by atoms with van der Waals surface area (Å²) in [6.07, 6.45) is 3.49. The largest absolute Gasteiger partial charge is 0.377 e. The van der Waals surface area contributed by atoms with E-state index in [1.165, 1.54) is 23.4 Å². The van der Waals surface area contributed by atoms with Crippen LogP contribution in [0.4, 0.5) is 11.4 Å². The normalized spacial score (nSPS) is 17.1. The Morgan fingerprint density at radius 2 is 1.91 bits per heavy atom. The van der Waals surface area contributed by atoms with E-state index in [-0.39, 0.29) is 22.3 Å². The molecular weight excluding hydrogens is 432 g/mol. The average molecular weight is 471 g/mol. The Balaban J connectivity index is 2.29. The number of nitro benzene ring substituents is 1. The third kappa shape index (κ3) is 6.63. The second kappa shape index (κ2) is 12.5. The number of nitro groups is 1. The lowest BCUT2D eigenvalue weighted by atomic mass is 10.1. The van der Waals surface area contributed by atoms with Gasteiger partial charge in [0.05, 0.1) is 15.9 Å². The van der Waals surface area contributed by atoms with Gasteiger partial charge in [-0.2, -0.15) is 4.31 Å². The third-order valence-electron chi connectivity index (χ3n) is 5.80. The van der Waals surface area contributed by atoms with Crippen molar-refractivity contribution < 1.29 is 18.1 Å². The van der Waals surface area contributed by atoms with Crippen LogP contribution in [0.1, 0.15) is 52.0 Å². The molecule has 9 nitrogen and oxygen atoms in total. The second-order valence-electron chi connectivity index (χ2n) is 8.19. The molecule has 0 spiro atoms. The van der Waals surface area contributed by atoms with Crippen LogP contribution in [-0.4, -0.2) is 74.5 Å². The van der Waals surface area contributed by atoms with Crippen LogP contribution in [0.2, 0.25) is 0 Å². The van der Waals surface area contributed by atoms with E-state index in [4.69, 9.17) is 4.74 Å². The number of hydrogen-bond acceptors (Lipinski definition) is 7. The van der Waals surface area contributed by atoms with E-state index in [1.54, 1.807) is 0 Å². The summed E-state index contributed by atoms with van der Waals surface area (Å²) in [6, 6.07) is 3.00. The van der Waals surface area contributed by atoms with Gasteiger partial charge in [0.2, 0.25) is 10.0 Å². The van der Waals surface area contributed by atoms with Crippen LogP contribution < -0.4 is 5.32 Å². The first-order chi connectivity index (χ1) is 15.3. The van der Waals surface area contributed by atoms with Gasteiger partial charge in [0, 0.05) is 38.3 Å². The summed E-state index contributed by atoms with van der Waals surface area (Å²) >= 11 is 0. The van der Waals surface area contributed by atoms with Crippen LogP contribution in [0.5, 0.6) is 0 Å². The molecule has 10 heteroatoms. The van der Waals surface area contributed by atoms with Crippen LogP contribution in [-0.2, 0) is 14.8 Å². The quantitative estimate of drug-likeness (QED) is 0.367. The first kappa shape index (κ1) is 26.5. The lowest BCUT2D eigenvalue weighted by Gasteiger charge is -2.23. The Bertz CT molecular complexity index is 856. The molecule has 0 radical (unpaired) electrons. The maximum atomic E-state index is 13.4. The molecule has 1 atom stereocenters. The summed E-state index contributed by atoms with van der Waals surface area (Å²) in [5.41, 5.74) is 0.288. The van der Waals surface area contributed by atoms with Gasteiger partial charge < -0.3 is 15.0 Å². The van der Waals surface area contributed by atoms with Gasteiger partial charge in [-0.15, -0.1) is 0 Å². The molecule has 1 aromatic rings. The van der Waals surface area contributed by atoms with E-state index in [0.29, 0.717) is 38.5 Å². The Hall–Kier alpha value is -1.75. The van der Waals surface area contributed by atoms with Crippen molar-refractivity contribution in [2.45, 2.75) is 64.4 Å². The van der Waals surface area contributed by atoms with Gasteiger partial charge in [-0.3, -0.25) is 10.1 Å². The molecular formula is C22H38N4O5S. The van der Waals surface area contributed by atoms with Gasteiger partial charge in [-0.25, -0.2) is 8.42 Å². The molecule has 1 aromatic carbocycles. The van der Waals surface area contributed by atoms with Crippen molar-refractivity contribution in [3.8, 4) is 0 Å². The van der Waals surface area contributed by atoms with Gasteiger partial charge in [-0.05, 0) is 58.3 Å². The summed E-state index contributed by atoms with van der Waals surface area (Å²) in [7, 11) is -3.83. The number of sulfonamides is 1. The van der Waals surface area contributed by atoms with Gasteiger partial charge >= 0.3 is 0 Å². The van der Waals surface area contributed by atoms with E-state index < -0.39 is 14.9 Å². The fourth-order valence-corrected chi connectivity index (χ4v) is 5.92. The minimum atomic E-state index is -3.83. The standard InChI is InChI=1S/C22H38N4O5S/c1-5-9-19(31-7-3)17-23-20-10-11-21(18(4)22(20)26(27)28)32(29,30)25-14-8-13-24(12-6-2)15-16-25/h10-11,19,23H,5-9,12-17H2,1-4H3. The first-order valence-corrected chi connectivity index (χ1v) is 13.1. The van der Waals surface area contributed by atoms with E-state index >= 15 is 0 Å². The summed E-state index contributed by atoms with van der Waals surface area (Å²) in [5, 5.41) is 15.0.